The van der Waals surface area contributed by atoms with Crippen molar-refractivity contribution in [2.45, 2.75) is 18.6 Å². The van der Waals surface area contributed by atoms with Crippen LogP contribution in [-0.4, -0.2) is 36.0 Å². The Morgan fingerprint density at radius 3 is 2.56 bits per heavy atom. The van der Waals surface area contributed by atoms with Crippen molar-refractivity contribution in [2.75, 3.05) is 12.0 Å². The standard InChI is InChI=1S/C18H14ClFN4O3/c1-27-11-7-5-10(6-8-11)24-17(25)15-16(18(24)26)23(22-21-15)9-12-13(19)3-2-4-14(12)20/h2-8,15-16H,9H2,1H3/t15-,16+/m1/s1. The number of benzene rings is 2. The summed E-state index contributed by atoms with van der Waals surface area (Å²) in [6.07, 6.45) is 0. The normalized spacial score (nSPS) is 21.1. The molecule has 0 radical (unpaired) electrons. The number of amides is 2. The number of hydrogen-bond donors (Lipinski definition) is 0. The third-order valence-electron chi connectivity index (χ3n) is 4.57. The number of nitrogens with zero attached hydrogens (tertiary/aromatic N) is 4. The van der Waals surface area contributed by atoms with E-state index >= 15 is 0 Å². The molecule has 0 aromatic heterocycles. The summed E-state index contributed by atoms with van der Waals surface area (Å²) in [5, 5.41) is 9.35. The molecule has 2 aliphatic heterocycles. The molecule has 7 nitrogen and oxygen atoms in total. The molecule has 0 spiro atoms. The van der Waals surface area contributed by atoms with Crippen molar-refractivity contribution in [2.24, 2.45) is 10.3 Å². The number of methoxy groups -OCH3 is 1. The molecule has 27 heavy (non-hydrogen) atoms. The number of anilines is 1. The zero-order chi connectivity index (χ0) is 19.1. The van der Waals surface area contributed by atoms with Gasteiger partial charge in [-0.3, -0.25) is 14.6 Å². The Morgan fingerprint density at radius 1 is 1.15 bits per heavy atom. The van der Waals surface area contributed by atoms with Gasteiger partial charge < -0.3 is 4.74 Å². The molecule has 0 saturated carbocycles. The van der Waals surface area contributed by atoms with E-state index in [-0.39, 0.29) is 17.1 Å². The summed E-state index contributed by atoms with van der Waals surface area (Å²) in [5.41, 5.74) is 0.612. The van der Waals surface area contributed by atoms with Crippen LogP contribution in [0, 0.1) is 5.82 Å². The molecular weight excluding hydrogens is 375 g/mol. The molecule has 0 N–H and O–H groups in total. The zero-order valence-electron chi connectivity index (χ0n) is 14.2. The molecule has 1 fully saturated rings. The van der Waals surface area contributed by atoms with Gasteiger partial charge in [-0.15, -0.1) is 0 Å². The van der Waals surface area contributed by atoms with Crippen molar-refractivity contribution in [3.8, 4) is 5.75 Å². The van der Waals surface area contributed by atoms with E-state index in [9.17, 15) is 14.0 Å². The Balaban J connectivity index is 1.61. The topological polar surface area (TPSA) is 74.6 Å². The molecule has 9 heteroatoms. The molecule has 2 amide bonds. The molecule has 1 saturated heterocycles. The van der Waals surface area contributed by atoms with Gasteiger partial charge in [0.1, 0.15) is 11.6 Å². The van der Waals surface area contributed by atoms with Gasteiger partial charge in [-0.1, -0.05) is 22.9 Å². The maximum atomic E-state index is 14.1. The highest BCUT2D eigenvalue weighted by atomic mass is 35.5. The molecule has 138 valence electrons. The predicted molar refractivity (Wildman–Crippen MR) is 94.9 cm³/mol. The van der Waals surface area contributed by atoms with Crippen LogP contribution in [0.3, 0.4) is 0 Å². The van der Waals surface area contributed by atoms with E-state index in [4.69, 9.17) is 16.3 Å². The lowest BCUT2D eigenvalue weighted by molar-refractivity contribution is -0.123. The largest absolute Gasteiger partial charge is 0.497 e. The Labute approximate surface area is 159 Å². The number of fused-ring (bicyclic) bond motifs is 1. The summed E-state index contributed by atoms with van der Waals surface area (Å²) in [7, 11) is 1.53. The van der Waals surface area contributed by atoms with E-state index in [1.807, 2.05) is 0 Å². The van der Waals surface area contributed by atoms with E-state index in [1.165, 1.54) is 24.3 Å². The Kier molecular flexibility index (Phi) is 4.27. The number of carbonyl (C=O) groups is 2. The molecule has 2 aromatic rings. The average molecular weight is 389 g/mol. The van der Waals surface area contributed by atoms with Crippen LogP contribution in [0.25, 0.3) is 0 Å². The fourth-order valence-corrected chi connectivity index (χ4v) is 3.41. The van der Waals surface area contributed by atoms with E-state index < -0.39 is 29.7 Å². The SMILES string of the molecule is COc1ccc(N2C(=O)[C@@H]3[C@@H](N=NN3Cc3c(F)cccc3Cl)C2=O)cc1. The number of carbonyl (C=O) groups excluding carboxylic acids is 2. The number of hydrogen-bond acceptors (Lipinski definition) is 6. The fourth-order valence-electron chi connectivity index (χ4n) is 3.18. The van der Waals surface area contributed by atoms with Crippen LogP contribution in [0.5, 0.6) is 5.75 Å². The van der Waals surface area contributed by atoms with Crippen LogP contribution in [0.15, 0.2) is 52.8 Å². The summed E-state index contributed by atoms with van der Waals surface area (Å²) in [4.78, 5) is 26.7. The molecule has 2 heterocycles. The number of rotatable bonds is 4. The minimum absolute atomic E-state index is 0.0638. The van der Waals surface area contributed by atoms with Crippen molar-refractivity contribution < 1.29 is 18.7 Å². The Morgan fingerprint density at radius 2 is 1.89 bits per heavy atom. The lowest BCUT2D eigenvalue weighted by Crippen LogP contribution is -2.39. The maximum Gasteiger partial charge on any atom is 0.263 e. The van der Waals surface area contributed by atoms with Crippen molar-refractivity contribution >= 4 is 29.1 Å². The molecule has 4 rings (SSSR count). The molecule has 2 aliphatic rings. The lowest BCUT2D eigenvalue weighted by atomic mass is 10.1. The molecule has 2 atom stereocenters. The predicted octanol–water partition coefficient (Wildman–Crippen LogP) is 2.98. The van der Waals surface area contributed by atoms with Crippen LogP contribution < -0.4 is 9.64 Å². The van der Waals surface area contributed by atoms with Gasteiger partial charge in [-0.05, 0) is 36.4 Å². The molecule has 2 aromatic carbocycles. The highest BCUT2D eigenvalue weighted by Crippen LogP contribution is 2.34. The molecule has 0 unspecified atom stereocenters. The first-order valence-electron chi connectivity index (χ1n) is 8.13. The number of ether oxygens (including phenoxy) is 1. The van der Waals surface area contributed by atoms with E-state index in [0.717, 1.165) is 4.90 Å². The average Bonchev–Trinajstić information content (AvgIpc) is 3.19. The second-order valence-electron chi connectivity index (χ2n) is 6.10. The van der Waals surface area contributed by atoms with Gasteiger partial charge >= 0.3 is 0 Å². The monoisotopic (exact) mass is 388 g/mol. The molecule has 0 bridgehead atoms. The van der Waals surface area contributed by atoms with Crippen LogP contribution in [0.4, 0.5) is 10.1 Å². The summed E-state index contributed by atoms with van der Waals surface area (Å²) in [6, 6.07) is 8.99. The minimum Gasteiger partial charge on any atom is -0.497 e. The van der Waals surface area contributed by atoms with Gasteiger partial charge in [0.15, 0.2) is 12.1 Å². The number of imide groups is 1. The smallest absolute Gasteiger partial charge is 0.263 e. The highest BCUT2D eigenvalue weighted by molar-refractivity contribution is 6.31. The first kappa shape index (κ1) is 17.4. The fraction of sp³-hybridized carbons (Fsp3) is 0.222. The van der Waals surface area contributed by atoms with Gasteiger partial charge in [0.2, 0.25) is 0 Å². The lowest BCUT2D eigenvalue weighted by Gasteiger charge is -2.21. The van der Waals surface area contributed by atoms with Gasteiger partial charge in [0.05, 0.1) is 19.3 Å². The third-order valence-corrected chi connectivity index (χ3v) is 4.92. The van der Waals surface area contributed by atoms with Crippen molar-refractivity contribution in [3.63, 3.8) is 0 Å². The second-order valence-corrected chi connectivity index (χ2v) is 6.51. The van der Waals surface area contributed by atoms with Gasteiger partial charge in [0.25, 0.3) is 11.8 Å². The van der Waals surface area contributed by atoms with Crippen molar-refractivity contribution in [3.05, 3.63) is 58.9 Å². The van der Waals surface area contributed by atoms with Crippen LogP contribution >= 0.6 is 11.6 Å². The summed E-state index contributed by atoms with van der Waals surface area (Å²) >= 11 is 6.06. The Bertz CT molecular complexity index is 930. The van der Waals surface area contributed by atoms with Gasteiger partial charge in [-0.2, -0.15) is 5.11 Å². The van der Waals surface area contributed by atoms with Crippen molar-refractivity contribution in [1.29, 1.82) is 0 Å². The second kappa shape index (κ2) is 6.62. The van der Waals surface area contributed by atoms with Gasteiger partial charge in [0, 0.05) is 10.6 Å². The van der Waals surface area contributed by atoms with Crippen LogP contribution in [0.2, 0.25) is 5.02 Å². The summed E-state index contributed by atoms with van der Waals surface area (Å²) < 4.78 is 19.2. The van der Waals surface area contributed by atoms with E-state index in [1.54, 1.807) is 30.3 Å². The van der Waals surface area contributed by atoms with E-state index in [0.29, 0.717) is 11.4 Å². The quantitative estimate of drug-likeness (QED) is 0.755. The Hall–Kier alpha value is -3.00. The minimum atomic E-state index is -0.954. The third kappa shape index (κ3) is 2.82. The van der Waals surface area contributed by atoms with Gasteiger partial charge in [-0.25, -0.2) is 9.29 Å². The summed E-state index contributed by atoms with van der Waals surface area (Å²) in [5.74, 6) is -0.841. The van der Waals surface area contributed by atoms with Crippen LogP contribution in [-0.2, 0) is 16.1 Å². The van der Waals surface area contributed by atoms with Crippen LogP contribution in [0.1, 0.15) is 5.56 Å². The molecular formula is C18H14ClFN4O3. The van der Waals surface area contributed by atoms with E-state index in [2.05, 4.69) is 10.3 Å². The number of halogens is 2. The van der Waals surface area contributed by atoms with Crippen molar-refractivity contribution in [1.82, 2.24) is 5.01 Å². The summed E-state index contributed by atoms with van der Waals surface area (Å²) in [6.45, 7) is -0.0638. The highest BCUT2D eigenvalue weighted by Gasteiger charge is 2.54. The maximum absolute atomic E-state index is 14.1. The first-order chi connectivity index (χ1) is 13.0. The first-order valence-corrected chi connectivity index (χ1v) is 8.51. The zero-order valence-corrected chi connectivity index (χ0v) is 14.9. The molecule has 0 aliphatic carbocycles.